The number of hydrazone groups is 1. The Kier molecular flexibility index (Phi) is 9.33. The molecule has 0 atom stereocenters. The molecule has 3 aromatic carbocycles. The van der Waals surface area contributed by atoms with E-state index in [1.807, 2.05) is 66.7 Å². The van der Waals surface area contributed by atoms with E-state index in [0.29, 0.717) is 24.7 Å². The van der Waals surface area contributed by atoms with E-state index in [9.17, 15) is 4.79 Å². The number of carbonyl (C=O) groups excluding carboxylic acids is 1. The molecule has 1 saturated heterocycles. The Hall–Kier alpha value is -3.39. The first-order valence-electron chi connectivity index (χ1n) is 12.0. The van der Waals surface area contributed by atoms with Crippen LogP contribution in [0.5, 0.6) is 11.5 Å². The molecule has 3 aromatic rings. The van der Waals surface area contributed by atoms with Crippen LogP contribution in [0.25, 0.3) is 0 Å². The fraction of sp³-hybridized carbons (Fsp3) is 0.286. The number of nitrogens with one attached hydrogen (secondary N) is 1. The van der Waals surface area contributed by atoms with Crippen LogP contribution >= 0.6 is 11.6 Å². The largest absolute Gasteiger partial charge is 0.493 e. The second kappa shape index (κ2) is 13.1. The number of nitrogens with zero attached hydrogens (tertiary/aromatic N) is 3. The van der Waals surface area contributed by atoms with E-state index < -0.39 is 0 Å². The van der Waals surface area contributed by atoms with Crippen LogP contribution < -0.4 is 14.9 Å². The van der Waals surface area contributed by atoms with Crippen molar-refractivity contribution in [1.29, 1.82) is 0 Å². The Labute approximate surface area is 217 Å². The molecule has 0 bridgehead atoms. The summed E-state index contributed by atoms with van der Waals surface area (Å²) < 4.78 is 11.4. The molecule has 36 heavy (non-hydrogen) atoms. The number of methoxy groups -OCH3 is 1. The van der Waals surface area contributed by atoms with E-state index in [4.69, 9.17) is 21.1 Å². The monoisotopic (exact) mass is 506 g/mol. The summed E-state index contributed by atoms with van der Waals surface area (Å²) in [4.78, 5) is 16.9. The van der Waals surface area contributed by atoms with E-state index in [2.05, 4.69) is 26.4 Å². The Morgan fingerprint density at radius 1 is 0.972 bits per heavy atom. The Bertz CT molecular complexity index is 1160. The lowest BCUT2D eigenvalue weighted by atomic mass is 10.2. The van der Waals surface area contributed by atoms with Gasteiger partial charge in [-0.3, -0.25) is 14.6 Å². The summed E-state index contributed by atoms with van der Waals surface area (Å²) in [5.74, 6) is 1.12. The number of carbonyl (C=O) groups is 1. The predicted molar refractivity (Wildman–Crippen MR) is 143 cm³/mol. The summed E-state index contributed by atoms with van der Waals surface area (Å²) in [7, 11) is 1.61. The number of piperazine rings is 1. The van der Waals surface area contributed by atoms with Gasteiger partial charge in [0.15, 0.2) is 11.5 Å². The summed E-state index contributed by atoms with van der Waals surface area (Å²) in [6.45, 7) is 4.98. The van der Waals surface area contributed by atoms with Crippen LogP contribution in [-0.4, -0.2) is 61.8 Å². The van der Waals surface area contributed by atoms with Gasteiger partial charge in [-0.15, -0.1) is 0 Å². The highest BCUT2D eigenvalue weighted by molar-refractivity contribution is 6.31. The number of rotatable bonds is 10. The van der Waals surface area contributed by atoms with Crippen molar-refractivity contribution in [3.05, 3.63) is 94.5 Å². The van der Waals surface area contributed by atoms with Gasteiger partial charge in [-0.05, 0) is 41.0 Å². The van der Waals surface area contributed by atoms with Crippen LogP contribution in [0.15, 0.2) is 77.9 Å². The van der Waals surface area contributed by atoms with Crippen molar-refractivity contribution in [1.82, 2.24) is 15.2 Å². The smallest absolute Gasteiger partial charge is 0.254 e. The van der Waals surface area contributed by atoms with Gasteiger partial charge in [-0.1, -0.05) is 60.1 Å². The molecule has 0 saturated carbocycles. The minimum Gasteiger partial charge on any atom is -0.493 e. The normalized spacial score (nSPS) is 14.6. The highest BCUT2D eigenvalue weighted by Crippen LogP contribution is 2.28. The van der Waals surface area contributed by atoms with Gasteiger partial charge < -0.3 is 9.47 Å². The van der Waals surface area contributed by atoms with Crippen LogP contribution in [0.1, 0.15) is 16.7 Å². The van der Waals surface area contributed by atoms with E-state index in [0.717, 1.165) is 54.4 Å². The molecular weight excluding hydrogens is 476 g/mol. The molecule has 1 N–H and O–H groups in total. The fourth-order valence-electron chi connectivity index (χ4n) is 4.01. The van der Waals surface area contributed by atoms with Gasteiger partial charge in [-0.2, -0.15) is 5.10 Å². The molecule has 0 aromatic heterocycles. The summed E-state index contributed by atoms with van der Waals surface area (Å²) >= 11 is 6.28. The van der Waals surface area contributed by atoms with Crippen molar-refractivity contribution in [2.75, 3.05) is 39.8 Å². The number of benzene rings is 3. The molecule has 1 aliphatic rings. The lowest BCUT2D eigenvalue weighted by Crippen LogP contribution is -2.48. The van der Waals surface area contributed by atoms with Gasteiger partial charge >= 0.3 is 0 Å². The third-order valence-electron chi connectivity index (χ3n) is 6.01. The number of amides is 1. The van der Waals surface area contributed by atoms with E-state index >= 15 is 0 Å². The van der Waals surface area contributed by atoms with E-state index in [-0.39, 0.29) is 5.91 Å². The second-order valence-corrected chi connectivity index (χ2v) is 9.03. The lowest BCUT2D eigenvalue weighted by molar-refractivity contribution is -0.122. The maximum absolute atomic E-state index is 12.4. The average Bonchev–Trinajstić information content (AvgIpc) is 2.90. The number of ether oxygens (including phenoxy) is 2. The summed E-state index contributed by atoms with van der Waals surface area (Å²) in [5.41, 5.74) is 5.62. The summed E-state index contributed by atoms with van der Waals surface area (Å²) in [6.07, 6.45) is 1.61. The molecule has 4 rings (SSSR count). The van der Waals surface area contributed by atoms with Crippen LogP contribution in [0.4, 0.5) is 0 Å². The Morgan fingerprint density at radius 3 is 2.44 bits per heavy atom. The zero-order valence-electron chi connectivity index (χ0n) is 20.4. The molecule has 1 heterocycles. The van der Waals surface area contributed by atoms with Crippen LogP contribution in [0.2, 0.25) is 5.02 Å². The Balaban J connectivity index is 1.23. The standard InChI is InChI=1S/C28H31ClN4O3/c1-35-26-12-11-23(17-27(26)36-21-22-7-3-2-4-8-22)18-30-31-28(34)20-33-15-13-32(14-16-33)19-24-9-5-6-10-25(24)29/h2-12,17-18H,13-16,19-21H2,1H3,(H,31,34)/b30-18-. The third kappa shape index (κ3) is 7.55. The molecule has 0 unspecified atom stereocenters. The first-order valence-corrected chi connectivity index (χ1v) is 12.3. The number of hydrogen-bond donors (Lipinski definition) is 1. The topological polar surface area (TPSA) is 66.4 Å². The van der Waals surface area contributed by atoms with Crippen molar-refractivity contribution >= 4 is 23.7 Å². The van der Waals surface area contributed by atoms with Crippen molar-refractivity contribution in [3.63, 3.8) is 0 Å². The van der Waals surface area contributed by atoms with Crippen LogP contribution in [-0.2, 0) is 17.9 Å². The average molecular weight is 507 g/mol. The minimum atomic E-state index is -0.139. The Morgan fingerprint density at radius 2 is 1.69 bits per heavy atom. The van der Waals surface area contributed by atoms with Gasteiger partial charge in [0.1, 0.15) is 6.61 Å². The highest BCUT2D eigenvalue weighted by atomic mass is 35.5. The van der Waals surface area contributed by atoms with Gasteiger partial charge in [0, 0.05) is 37.7 Å². The van der Waals surface area contributed by atoms with Crippen molar-refractivity contribution in [2.24, 2.45) is 5.10 Å². The van der Waals surface area contributed by atoms with Crippen LogP contribution in [0.3, 0.4) is 0 Å². The van der Waals surface area contributed by atoms with Gasteiger partial charge in [0.05, 0.1) is 19.9 Å². The number of halogens is 1. The zero-order chi connectivity index (χ0) is 25.2. The van der Waals surface area contributed by atoms with Gasteiger partial charge in [-0.25, -0.2) is 5.43 Å². The second-order valence-electron chi connectivity index (χ2n) is 8.62. The third-order valence-corrected chi connectivity index (χ3v) is 6.38. The molecule has 8 heteroatoms. The maximum Gasteiger partial charge on any atom is 0.254 e. The minimum absolute atomic E-state index is 0.139. The number of hydrogen-bond acceptors (Lipinski definition) is 6. The highest BCUT2D eigenvalue weighted by Gasteiger charge is 2.19. The zero-order valence-corrected chi connectivity index (χ0v) is 21.2. The van der Waals surface area contributed by atoms with Crippen molar-refractivity contribution in [3.8, 4) is 11.5 Å². The molecule has 0 spiro atoms. The SMILES string of the molecule is COc1ccc(/C=N\NC(=O)CN2CCN(Cc3ccccc3Cl)CC2)cc1OCc1ccccc1. The first-order chi connectivity index (χ1) is 17.6. The molecule has 0 radical (unpaired) electrons. The van der Waals surface area contributed by atoms with Crippen LogP contribution in [0, 0.1) is 0 Å². The van der Waals surface area contributed by atoms with E-state index in [1.54, 1.807) is 13.3 Å². The lowest BCUT2D eigenvalue weighted by Gasteiger charge is -2.34. The molecule has 7 nitrogen and oxygen atoms in total. The first kappa shape index (κ1) is 25.7. The van der Waals surface area contributed by atoms with Gasteiger partial charge in [0.25, 0.3) is 5.91 Å². The van der Waals surface area contributed by atoms with Crippen molar-refractivity contribution < 1.29 is 14.3 Å². The van der Waals surface area contributed by atoms with Gasteiger partial charge in [0.2, 0.25) is 0 Å². The van der Waals surface area contributed by atoms with Crippen molar-refractivity contribution in [2.45, 2.75) is 13.2 Å². The predicted octanol–water partition coefficient (Wildman–Crippen LogP) is 4.20. The molecule has 1 amide bonds. The molecular formula is C28H31ClN4O3. The summed E-state index contributed by atoms with van der Waals surface area (Å²) in [5, 5.41) is 4.93. The molecule has 1 fully saturated rings. The molecule has 188 valence electrons. The fourth-order valence-corrected chi connectivity index (χ4v) is 4.21. The van der Waals surface area contributed by atoms with E-state index in [1.165, 1.54) is 0 Å². The maximum atomic E-state index is 12.4. The summed E-state index contributed by atoms with van der Waals surface area (Å²) in [6, 6.07) is 23.4. The quantitative estimate of drug-likeness (QED) is 0.330. The molecule has 0 aliphatic carbocycles. The molecule has 1 aliphatic heterocycles.